The quantitative estimate of drug-likeness (QED) is 0.623. The number of likely N-dealkylation sites (tertiary alicyclic amines) is 1. The molecule has 7 heteroatoms. The molecule has 0 radical (unpaired) electrons. The number of nitrogens with one attached hydrogen (secondary N) is 1. The first-order valence-corrected chi connectivity index (χ1v) is 10.9. The van der Waals surface area contributed by atoms with Gasteiger partial charge in [0.05, 0.1) is 6.61 Å². The smallest absolute Gasteiger partial charge is 0.329 e. The van der Waals surface area contributed by atoms with Gasteiger partial charge in [0.25, 0.3) is 11.8 Å². The van der Waals surface area contributed by atoms with Crippen LogP contribution in [0.1, 0.15) is 63.7 Å². The Hall–Kier alpha value is -2.57. The molecule has 1 N–H and O–H groups in total. The summed E-state index contributed by atoms with van der Waals surface area (Å²) in [6.07, 6.45) is 3.98. The summed E-state index contributed by atoms with van der Waals surface area (Å²) in [6.45, 7) is 8.55. The van der Waals surface area contributed by atoms with Crippen molar-refractivity contribution in [2.75, 3.05) is 19.8 Å². The van der Waals surface area contributed by atoms with Gasteiger partial charge < -0.3 is 19.7 Å². The molecule has 1 heterocycles. The number of esters is 1. The van der Waals surface area contributed by atoms with E-state index in [-0.39, 0.29) is 30.4 Å². The van der Waals surface area contributed by atoms with Crippen LogP contribution < -0.4 is 10.1 Å². The molecular formula is C23H34N2O5. The van der Waals surface area contributed by atoms with E-state index in [9.17, 15) is 14.4 Å². The fourth-order valence-corrected chi connectivity index (χ4v) is 3.65. The Morgan fingerprint density at radius 3 is 2.43 bits per heavy atom. The maximum absolute atomic E-state index is 12.6. The number of ether oxygens (including phenoxy) is 2. The molecule has 1 unspecified atom stereocenters. The van der Waals surface area contributed by atoms with Gasteiger partial charge in [0.15, 0.2) is 6.61 Å². The molecule has 2 atom stereocenters. The Labute approximate surface area is 179 Å². The molecule has 30 heavy (non-hydrogen) atoms. The van der Waals surface area contributed by atoms with E-state index in [0.717, 1.165) is 25.7 Å². The summed E-state index contributed by atoms with van der Waals surface area (Å²) in [5, 5.41) is 2.73. The Bertz CT molecular complexity index is 717. The van der Waals surface area contributed by atoms with Crippen LogP contribution in [0.5, 0.6) is 5.75 Å². The van der Waals surface area contributed by atoms with Crippen LogP contribution in [-0.4, -0.2) is 54.5 Å². The molecule has 1 aromatic rings. The summed E-state index contributed by atoms with van der Waals surface area (Å²) in [6, 6.07) is 6.10. The maximum Gasteiger partial charge on any atom is 0.329 e. The average molecular weight is 419 g/mol. The molecule has 2 rings (SSSR count). The molecule has 7 nitrogen and oxygen atoms in total. The lowest BCUT2D eigenvalue weighted by atomic mass is 10.00. The minimum absolute atomic E-state index is 0.171. The summed E-state index contributed by atoms with van der Waals surface area (Å²) < 4.78 is 10.7. The normalized spacial score (nSPS) is 17.4. The molecule has 1 fully saturated rings. The molecular weight excluding hydrogens is 384 g/mol. The number of nitrogens with zero attached hydrogens (tertiary/aromatic N) is 1. The third-order valence-corrected chi connectivity index (χ3v) is 5.39. The van der Waals surface area contributed by atoms with E-state index in [1.807, 2.05) is 25.7 Å². The highest BCUT2D eigenvalue weighted by Crippen LogP contribution is 2.19. The number of piperidine rings is 1. The van der Waals surface area contributed by atoms with Crippen molar-refractivity contribution < 1.29 is 23.9 Å². The van der Waals surface area contributed by atoms with Crippen LogP contribution >= 0.6 is 0 Å². The van der Waals surface area contributed by atoms with Crippen molar-refractivity contribution in [3.63, 3.8) is 0 Å². The SMILES string of the molecule is CCOc1ccc(C(=O)N[C@H](C(=O)OCC(=O)N2CCCCC2CC)C(C)C)cc1. The van der Waals surface area contributed by atoms with E-state index in [2.05, 4.69) is 12.2 Å². The molecule has 1 saturated heterocycles. The van der Waals surface area contributed by atoms with Crippen LogP contribution in [0.15, 0.2) is 24.3 Å². The van der Waals surface area contributed by atoms with Gasteiger partial charge in [0.1, 0.15) is 11.8 Å². The van der Waals surface area contributed by atoms with E-state index < -0.39 is 12.0 Å². The highest BCUT2D eigenvalue weighted by atomic mass is 16.5. The molecule has 0 saturated carbocycles. The number of hydrogen-bond acceptors (Lipinski definition) is 5. The summed E-state index contributed by atoms with van der Waals surface area (Å²) in [5.41, 5.74) is 0.423. The van der Waals surface area contributed by atoms with E-state index in [0.29, 0.717) is 24.5 Å². The van der Waals surface area contributed by atoms with Gasteiger partial charge in [-0.25, -0.2) is 4.79 Å². The zero-order valence-corrected chi connectivity index (χ0v) is 18.5. The Morgan fingerprint density at radius 2 is 1.83 bits per heavy atom. The number of benzene rings is 1. The number of carbonyl (C=O) groups is 3. The molecule has 0 aliphatic carbocycles. The van der Waals surface area contributed by atoms with Gasteiger partial charge in [-0.2, -0.15) is 0 Å². The number of carbonyl (C=O) groups excluding carboxylic acids is 3. The van der Waals surface area contributed by atoms with E-state index in [1.165, 1.54) is 0 Å². The molecule has 0 bridgehead atoms. The fraction of sp³-hybridized carbons (Fsp3) is 0.609. The molecule has 1 aliphatic rings. The van der Waals surface area contributed by atoms with Gasteiger partial charge in [0, 0.05) is 18.2 Å². The predicted molar refractivity (Wildman–Crippen MR) is 114 cm³/mol. The lowest BCUT2D eigenvalue weighted by Gasteiger charge is -2.35. The van der Waals surface area contributed by atoms with Crippen molar-refractivity contribution in [3.8, 4) is 5.75 Å². The van der Waals surface area contributed by atoms with Gasteiger partial charge in [-0.05, 0) is 62.8 Å². The lowest BCUT2D eigenvalue weighted by Crippen LogP contribution is -2.48. The molecule has 0 aromatic heterocycles. The van der Waals surface area contributed by atoms with Crippen molar-refractivity contribution >= 4 is 17.8 Å². The lowest BCUT2D eigenvalue weighted by molar-refractivity contribution is -0.155. The van der Waals surface area contributed by atoms with Crippen molar-refractivity contribution in [1.82, 2.24) is 10.2 Å². The van der Waals surface area contributed by atoms with Crippen LogP contribution in [0.4, 0.5) is 0 Å². The van der Waals surface area contributed by atoms with Crippen LogP contribution in [0.25, 0.3) is 0 Å². The van der Waals surface area contributed by atoms with Crippen molar-refractivity contribution in [2.45, 2.75) is 65.5 Å². The third-order valence-electron chi connectivity index (χ3n) is 5.39. The van der Waals surface area contributed by atoms with E-state index >= 15 is 0 Å². The van der Waals surface area contributed by atoms with Gasteiger partial charge in [-0.15, -0.1) is 0 Å². The summed E-state index contributed by atoms with van der Waals surface area (Å²) in [5.74, 6) is -0.645. The summed E-state index contributed by atoms with van der Waals surface area (Å²) >= 11 is 0. The van der Waals surface area contributed by atoms with Gasteiger partial charge >= 0.3 is 5.97 Å². The molecule has 0 spiro atoms. The van der Waals surface area contributed by atoms with Crippen LogP contribution in [0, 0.1) is 5.92 Å². The number of amides is 2. The first kappa shape index (κ1) is 23.7. The van der Waals surface area contributed by atoms with Crippen LogP contribution in [0.2, 0.25) is 0 Å². The van der Waals surface area contributed by atoms with Crippen molar-refractivity contribution in [2.24, 2.45) is 5.92 Å². The highest BCUT2D eigenvalue weighted by molar-refractivity contribution is 5.97. The zero-order valence-electron chi connectivity index (χ0n) is 18.5. The first-order chi connectivity index (χ1) is 14.4. The molecule has 1 aliphatic heterocycles. The summed E-state index contributed by atoms with van der Waals surface area (Å²) in [7, 11) is 0. The van der Waals surface area contributed by atoms with Crippen molar-refractivity contribution in [1.29, 1.82) is 0 Å². The molecule has 166 valence electrons. The first-order valence-electron chi connectivity index (χ1n) is 10.9. The second-order valence-corrected chi connectivity index (χ2v) is 7.91. The standard InChI is InChI=1S/C23H34N2O5/c1-5-18-9-7-8-14-25(18)20(26)15-30-23(28)21(16(3)4)24-22(27)17-10-12-19(13-11-17)29-6-2/h10-13,16,18,21H,5-9,14-15H2,1-4H3,(H,24,27)/t18?,21-/m0/s1. The Kier molecular flexibility index (Phi) is 9.15. The van der Waals surface area contributed by atoms with Crippen molar-refractivity contribution in [3.05, 3.63) is 29.8 Å². The molecule has 2 amide bonds. The number of rotatable bonds is 9. The van der Waals surface area contributed by atoms with Gasteiger partial charge in [-0.1, -0.05) is 20.8 Å². The second kappa shape index (κ2) is 11.6. The topological polar surface area (TPSA) is 84.9 Å². The third kappa shape index (κ3) is 6.47. The number of hydrogen-bond donors (Lipinski definition) is 1. The van der Waals surface area contributed by atoms with Gasteiger partial charge in [0.2, 0.25) is 0 Å². The van der Waals surface area contributed by atoms with E-state index in [1.54, 1.807) is 24.3 Å². The minimum Gasteiger partial charge on any atom is -0.494 e. The average Bonchev–Trinajstić information content (AvgIpc) is 2.75. The van der Waals surface area contributed by atoms with Gasteiger partial charge in [-0.3, -0.25) is 9.59 Å². The summed E-state index contributed by atoms with van der Waals surface area (Å²) in [4.78, 5) is 39.5. The largest absolute Gasteiger partial charge is 0.494 e. The zero-order chi connectivity index (χ0) is 22.1. The van der Waals surface area contributed by atoms with Crippen LogP contribution in [-0.2, 0) is 14.3 Å². The maximum atomic E-state index is 12.6. The predicted octanol–water partition coefficient (Wildman–Crippen LogP) is 3.17. The fourth-order valence-electron chi connectivity index (χ4n) is 3.65. The second-order valence-electron chi connectivity index (χ2n) is 7.91. The monoisotopic (exact) mass is 418 g/mol. The highest BCUT2D eigenvalue weighted by Gasteiger charge is 2.29. The Morgan fingerprint density at radius 1 is 1.13 bits per heavy atom. The van der Waals surface area contributed by atoms with E-state index in [4.69, 9.17) is 9.47 Å². The molecule has 1 aromatic carbocycles. The minimum atomic E-state index is -0.833. The van der Waals surface area contributed by atoms with Crippen LogP contribution in [0.3, 0.4) is 0 Å². The Balaban J connectivity index is 1.93.